The number of rotatable bonds is 9. The van der Waals surface area contributed by atoms with E-state index < -0.39 is 36.9 Å². The summed E-state index contributed by atoms with van der Waals surface area (Å²) in [6, 6.07) is 8.49. The van der Waals surface area contributed by atoms with Gasteiger partial charge in [-0.25, -0.2) is 0 Å². The topological polar surface area (TPSA) is 103 Å². The van der Waals surface area contributed by atoms with Gasteiger partial charge in [0.15, 0.2) is 18.7 Å². The van der Waals surface area contributed by atoms with Crippen molar-refractivity contribution in [1.82, 2.24) is 5.32 Å². The van der Waals surface area contributed by atoms with E-state index in [1.54, 1.807) is 0 Å². The van der Waals surface area contributed by atoms with Crippen LogP contribution in [0.2, 0.25) is 0 Å². The van der Waals surface area contributed by atoms with Gasteiger partial charge in [-0.1, -0.05) is 62.9 Å². The van der Waals surface area contributed by atoms with Crippen molar-refractivity contribution < 1.29 is 33.6 Å². The van der Waals surface area contributed by atoms with Crippen LogP contribution in [0.25, 0.3) is 0 Å². The fourth-order valence-electron chi connectivity index (χ4n) is 3.98. The first-order valence-corrected chi connectivity index (χ1v) is 11.1. The zero-order valence-electron chi connectivity index (χ0n) is 18.2. The van der Waals surface area contributed by atoms with Crippen LogP contribution in [0.5, 0.6) is 0 Å². The van der Waals surface area contributed by atoms with Crippen LogP contribution in [0.15, 0.2) is 30.3 Å². The molecule has 0 radical (unpaired) electrons. The molecule has 3 rings (SSSR count). The maximum Gasteiger partial charge on any atom is 0.306 e. The number of nitrogens with one attached hydrogen (secondary N) is 1. The quantitative estimate of drug-likeness (QED) is 0.454. The van der Waals surface area contributed by atoms with Gasteiger partial charge in [-0.05, 0) is 6.42 Å². The van der Waals surface area contributed by atoms with Crippen molar-refractivity contribution in [3.05, 3.63) is 35.9 Å². The van der Waals surface area contributed by atoms with E-state index in [2.05, 4.69) is 12.2 Å². The summed E-state index contributed by atoms with van der Waals surface area (Å²) in [5.74, 6) is -0.741. The van der Waals surface area contributed by atoms with Gasteiger partial charge in [0.1, 0.15) is 18.2 Å². The van der Waals surface area contributed by atoms with Crippen molar-refractivity contribution in [2.75, 3.05) is 6.61 Å². The fourth-order valence-corrected chi connectivity index (χ4v) is 3.98. The minimum absolute atomic E-state index is 0.166. The molecule has 2 aliphatic heterocycles. The van der Waals surface area contributed by atoms with E-state index in [0.29, 0.717) is 0 Å². The molecule has 0 saturated carbocycles. The number of aliphatic hydroxyl groups excluding tert-OH is 1. The number of aliphatic hydroxyl groups is 1. The smallest absolute Gasteiger partial charge is 0.306 e. The number of esters is 1. The molecule has 2 aliphatic rings. The number of benzene rings is 1. The van der Waals surface area contributed by atoms with Crippen LogP contribution in [0.4, 0.5) is 0 Å². The number of fused-ring (bicyclic) bond motifs is 1. The highest BCUT2D eigenvalue weighted by Gasteiger charge is 2.51. The molecule has 0 aromatic heterocycles. The highest BCUT2D eigenvalue weighted by atomic mass is 16.7. The van der Waals surface area contributed by atoms with Gasteiger partial charge in [-0.3, -0.25) is 9.59 Å². The Labute approximate surface area is 183 Å². The van der Waals surface area contributed by atoms with Gasteiger partial charge in [-0.15, -0.1) is 0 Å². The third-order valence-corrected chi connectivity index (χ3v) is 5.55. The zero-order chi connectivity index (χ0) is 22.2. The zero-order valence-corrected chi connectivity index (χ0v) is 18.2. The first-order chi connectivity index (χ1) is 15.0. The second kappa shape index (κ2) is 11.6. The number of hydrogen-bond donors (Lipinski definition) is 2. The summed E-state index contributed by atoms with van der Waals surface area (Å²) in [5.41, 5.74) is 0.823. The van der Waals surface area contributed by atoms with Gasteiger partial charge in [-0.2, -0.15) is 0 Å². The lowest BCUT2D eigenvalue weighted by Crippen LogP contribution is -2.67. The highest BCUT2D eigenvalue weighted by Crippen LogP contribution is 2.35. The summed E-state index contributed by atoms with van der Waals surface area (Å²) >= 11 is 0. The monoisotopic (exact) mass is 435 g/mol. The lowest BCUT2D eigenvalue weighted by molar-refractivity contribution is -0.338. The maximum absolute atomic E-state index is 12.6. The molecule has 0 bridgehead atoms. The molecule has 1 aromatic carbocycles. The maximum atomic E-state index is 12.6. The molecule has 2 saturated heterocycles. The minimum Gasteiger partial charge on any atom is -0.457 e. The molecular formula is C23H33NO7. The van der Waals surface area contributed by atoms with E-state index in [1.807, 2.05) is 30.3 Å². The molecule has 0 spiro atoms. The van der Waals surface area contributed by atoms with Gasteiger partial charge >= 0.3 is 5.97 Å². The van der Waals surface area contributed by atoms with Crippen molar-refractivity contribution >= 4 is 11.9 Å². The van der Waals surface area contributed by atoms with Crippen molar-refractivity contribution in [2.45, 2.75) is 89.3 Å². The van der Waals surface area contributed by atoms with Crippen LogP contribution in [-0.4, -0.2) is 54.2 Å². The van der Waals surface area contributed by atoms with Crippen LogP contribution in [0.1, 0.15) is 64.2 Å². The molecule has 6 atom stereocenters. The van der Waals surface area contributed by atoms with E-state index in [0.717, 1.165) is 37.7 Å². The average Bonchev–Trinajstić information content (AvgIpc) is 2.76. The molecule has 8 nitrogen and oxygen atoms in total. The summed E-state index contributed by atoms with van der Waals surface area (Å²) in [6.07, 6.45) is 1.13. The molecule has 1 aromatic rings. The van der Waals surface area contributed by atoms with Crippen LogP contribution in [0.3, 0.4) is 0 Å². The third-order valence-electron chi connectivity index (χ3n) is 5.55. The average molecular weight is 436 g/mol. The van der Waals surface area contributed by atoms with Crippen molar-refractivity contribution in [1.29, 1.82) is 0 Å². The predicted molar refractivity (Wildman–Crippen MR) is 112 cm³/mol. The third kappa shape index (κ3) is 6.49. The molecule has 2 heterocycles. The minimum atomic E-state index is -1.34. The predicted octanol–water partition coefficient (Wildman–Crippen LogP) is 2.59. The molecule has 0 unspecified atom stereocenters. The first-order valence-electron chi connectivity index (χ1n) is 11.1. The Morgan fingerprint density at radius 3 is 2.58 bits per heavy atom. The SMILES string of the molecule is CCCCCCCC(=O)O[C@H]1[C@H](NC(C)=O)[C@H](O)O[C@H]2CO[C@H](c3ccccc3)O[C@@H]12. The van der Waals surface area contributed by atoms with Gasteiger partial charge in [0.2, 0.25) is 5.91 Å². The largest absolute Gasteiger partial charge is 0.457 e. The Hall–Kier alpha value is -2.00. The summed E-state index contributed by atoms with van der Waals surface area (Å²) < 4.78 is 23.3. The molecule has 2 N–H and O–H groups in total. The lowest BCUT2D eigenvalue weighted by Gasteiger charge is -2.47. The van der Waals surface area contributed by atoms with Crippen LogP contribution in [-0.2, 0) is 28.5 Å². The lowest BCUT2D eigenvalue weighted by atomic mass is 9.95. The molecule has 172 valence electrons. The standard InChI is InChI=1S/C23H33NO7/c1-3-4-5-6-10-13-18(26)30-21-19(24-15(2)25)22(27)29-17-14-28-23(31-20(17)21)16-11-8-7-9-12-16/h7-9,11-12,17,19-23,27H,3-6,10,13-14H2,1-2H3,(H,24,25)/t17-,19-,20+,21-,22+,23-/m0/s1. The number of ether oxygens (including phenoxy) is 4. The molecule has 8 heteroatoms. The Morgan fingerprint density at radius 2 is 1.87 bits per heavy atom. The molecule has 2 fully saturated rings. The van der Waals surface area contributed by atoms with Crippen molar-refractivity contribution in [3.8, 4) is 0 Å². The van der Waals surface area contributed by atoms with E-state index in [9.17, 15) is 14.7 Å². The van der Waals surface area contributed by atoms with E-state index in [1.165, 1.54) is 6.92 Å². The van der Waals surface area contributed by atoms with Gasteiger partial charge in [0.25, 0.3) is 0 Å². The molecule has 1 amide bonds. The van der Waals surface area contributed by atoms with Crippen LogP contribution in [0, 0.1) is 0 Å². The second-order valence-electron chi connectivity index (χ2n) is 8.09. The van der Waals surface area contributed by atoms with Crippen LogP contribution < -0.4 is 5.32 Å². The van der Waals surface area contributed by atoms with E-state index >= 15 is 0 Å². The Balaban J connectivity index is 1.71. The Bertz CT molecular complexity index is 713. The molecular weight excluding hydrogens is 402 g/mol. The fraction of sp³-hybridized carbons (Fsp3) is 0.652. The van der Waals surface area contributed by atoms with Gasteiger partial charge in [0, 0.05) is 18.9 Å². The number of hydrogen-bond acceptors (Lipinski definition) is 7. The number of carbonyl (C=O) groups excluding carboxylic acids is 2. The summed E-state index contributed by atoms with van der Waals surface area (Å²) in [5, 5.41) is 13.1. The Morgan fingerprint density at radius 1 is 1.13 bits per heavy atom. The summed E-state index contributed by atoms with van der Waals surface area (Å²) in [7, 11) is 0. The van der Waals surface area contributed by atoms with Gasteiger partial charge in [0.05, 0.1) is 6.61 Å². The van der Waals surface area contributed by atoms with E-state index in [4.69, 9.17) is 18.9 Å². The Kier molecular flexibility index (Phi) is 8.83. The number of amides is 1. The normalized spacial score (nSPS) is 30.3. The number of carbonyl (C=O) groups is 2. The van der Waals surface area contributed by atoms with Crippen molar-refractivity contribution in [2.24, 2.45) is 0 Å². The highest BCUT2D eigenvalue weighted by molar-refractivity contribution is 5.73. The van der Waals surface area contributed by atoms with E-state index in [-0.39, 0.29) is 24.9 Å². The second-order valence-corrected chi connectivity index (χ2v) is 8.09. The molecule has 0 aliphatic carbocycles. The van der Waals surface area contributed by atoms with Crippen LogP contribution >= 0.6 is 0 Å². The van der Waals surface area contributed by atoms with Crippen molar-refractivity contribution in [3.63, 3.8) is 0 Å². The first kappa shape index (κ1) is 23.7. The van der Waals surface area contributed by atoms with Gasteiger partial charge < -0.3 is 29.4 Å². The summed E-state index contributed by atoms with van der Waals surface area (Å²) in [6.45, 7) is 3.64. The summed E-state index contributed by atoms with van der Waals surface area (Å²) in [4.78, 5) is 24.3. The molecule has 31 heavy (non-hydrogen) atoms. The number of unbranched alkanes of at least 4 members (excludes halogenated alkanes) is 4.